The number of para-hydroxylation sites is 1. The fraction of sp³-hybridized carbons (Fsp3) is 0.312. The van der Waals surface area contributed by atoms with Crippen molar-refractivity contribution in [2.75, 3.05) is 13.1 Å². The summed E-state index contributed by atoms with van der Waals surface area (Å²) in [7, 11) is 0. The first-order valence-corrected chi connectivity index (χ1v) is 6.82. The van der Waals surface area contributed by atoms with Crippen LogP contribution in [0.15, 0.2) is 30.3 Å². The van der Waals surface area contributed by atoms with Gasteiger partial charge in [0.05, 0.1) is 11.1 Å². The third-order valence-electron chi connectivity index (χ3n) is 3.68. The first-order chi connectivity index (χ1) is 9.65. The number of aryl methyl sites for hydroxylation is 1. The van der Waals surface area contributed by atoms with Crippen LogP contribution in [-0.4, -0.2) is 34.7 Å². The fourth-order valence-electron chi connectivity index (χ4n) is 2.61. The van der Waals surface area contributed by atoms with Crippen LogP contribution >= 0.6 is 0 Å². The maximum Gasteiger partial charge on any atom is 0.254 e. The van der Waals surface area contributed by atoms with Crippen LogP contribution < -0.4 is 0 Å². The van der Waals surface area contributed by atoms with Gasteiger partial charge in [-0.2, -0.15) is 0 Å². The zero-order valence-electron chi connectivity index (χ0n) is 11.4. The molecule has 0 atom stereocenters. The van der Waals surface area contributed by atoms with Crippen LogP contribution in [0.1, 0.15) is 28.9 Å². The number of amides is 1. The monoisotopic (exact) mass is 268 g/mol. The van der Waals surface area contributed by atoms with Crippen LogP contribution in [0.3, 0.4) is 0 Å². The van der Waals surface area contributed by atoms with Crippen molar-refractivity contribution < 1.29 is 9.59 Å². The van der Waals surface area contributed by atoms with Gasteiger partial charge in [-0.25, -0.2) is 0 Å². The van der Waals surface area contributed by atoms with Crippen molar-refractivity contribution in [1.29, 1.82) is 0 Å². The van der Waals surface area contributed by atoms with Crippen LogP contribution in [0.4, 0.5) is 0 Å². The van der Waals surface area contributed by atoms with E-state index in [0.717, 1.165) is 16.6 Å². The van der Waals surface area contributed by atoms with E-state index in [-0.39, 0.29) is 11.7 Å². The number of likely N-dealkylation sites (tertiary alicyclic amines) is 1. The van der Waals surface area contributed by atoms with Crippen molar-refractivity contribution in [3.8, 4) is 0 Å². The summed E-state index contributed by atoms with van der Waals surface area (Å²) >= 11 is 0. The van der Waals surface area contributed by atoms with Gasteiger partial charge in [0.15, 0.2) is 0 Å². The molecule has 0 N–H and O–H groups in total. The number of pyridine rings is 1. The molecule has 1 amide bonds. The lowest BCUT2D eigenvalue weighted by molar-refractivity contribution is -0.120. The van der Waals surface area contributed by atoms with Crippen LogP contribution in [-0.2, 0) is 4.79 Å². The number of hydrogen-bond donors (Lipinski definition) is 0. The van der Waals surface area contributed by atoms with Gasteiger partial charge < -0.3 is 4.90 Å². The third kappa shape index (κ3) is 2.29. The van der Waals surface area contributed by atoms with E-state index in [4.69, 9.17) is 0 Å². The summed E-state index contributed by atoms with van der Waals surface area (Å²) in [4.78, 5) is 30.2. The largest absolute Gasteiger partial charge is 0.338 e. The molecular formula is C16H16N2O2. The highest BCUT2D eigenvalue weighted by molar-refractivity contribution is 6.06. The minimum Gasteiger partial charge on any atom is -0.338 e. The molecule has 0 bridgehead atoms. The highest BCUT2D eigenvalue weighted by atomic mass is 16.2. The second-order valence-corrected chi connectivity index (χ2v) is 5.16. The fourth-order valence-corrected chi connectivity index (χ4v) is 2.61. The highest BCUT2D eigenvalue weighted by Gasteiger charge is 2.23. The summed E-state index contributed by atoms with van der Waals surface area (Å²) in [6, 6.07) is 9.50. The summed E-state index contributed by atoms with van der Waals surface area (Å²) in [6.45, 7) is 2.93. The molecule has 0 radical (unpaired) electrons. The number of Topliss-reactive ketones (excluding diaryl/α,β-unsaturated/α-hetero) is 1. The molecule has 4 nitrogen and oxygen atoms in total. The van der Waals surface area contributed by atoms with Gasteiger partial charge in [0.1, 0.15) is 5.78 Å². The first-order valence-electron chi connectivity index (χ1n) is 6.82. The Labute approximate surface area is 117 Å². The normalized spacial score (nSPS) is 15.7. The smallest absolute Gasteiger partial charge is 0.254 e. The molecule has 102 valence electrons. The van der Waals surface area contributed by atoms with Gasteiger partial charge >= 0.3 is 0 Å². The Morgan fingerprint density at radius 2 is 1.90 bits per heavy atom. The molecule has 1 aliphatic heterocycles. The van der Waals surface area contributed by atoms with Gasteiger partial charge in [-0.05, 0) is 19.1 Å². The third-order valence-corrected chi connectivity index (χ3v) is 3.68. The molecule has 0 aliphatic carbocycles. The van der Waals surface area contributed by atoms with E-state index < -0.39 is 0 Å². The van der Waals surface area contributed by atoms with E-state index in [0.29, 0.717) is 31.5 Å². The Balaban J connectivity index is 2.01. The summed E-state index contributed by atoms with van der Waals surface area (Å²) in [5.41, 5.74) is 2.35. The molecule has 3 rings (SSSR count). The van der Waals surface area contributed by atoms with E-state index in [1.54, 1.807) is 4.90 Å². The van der Waals surface area contributed by atoms with Crippen molar-refractivity contribution in [3.05, 3.63) is 41.6 Å². The number of hydrogen-bond acceptors (Lipinski definition) is 3. The number of fused-ring (bicyclic) bond motifs is 1. The molecule has 2 heterocycles. The van der Waals surface area contributed by atoms with Gasteiger partial charge in [0.25, 0.3) is 5.91 Å². The lowest BCUT2D eigenvalue weighted by Gasteiger charge is -2.26. The number of ketones is 1. The number of carbonyl (C=O) groups is 2. The SMILES string of the molecule is Cc1cc(C(=O)N2CCC(=O)CC2)c2ccccc2n1. The van der Waals surface area contributed by atoms with Crippen LogP contribution in [0, 0.1) is 6.92 Å². The van der Waals surface area contributed by atoms with Crippen molar-refractivity contribution in [2.24, 2.45) is 0 Å². The van der Waals surface area contributed by atoms with Gasteiger partial charge in [-0.3, -0.25) is 14.6 Å². The average Bonchev–Trinajstić information content (AvgIpc) is 2.46. The molecule has 1 aliphatic rings. The number of aromatic nitrogens is 1. The molecule has 1 fully saturated rings. The van der Waals surface area contributed by atoms with Crippen molar-refractivity contribution >= 4 is 22.6 Å². The Morgan fingerprint density at radius 1 is 1.20 bits per heavy atom. The zero-order valence-corrected chi connectivity index (χ0v) is 11.4. The molecular weight excluding hydrogens is 252 g/mol. The van der Waals surface area contributed by atoms with Crippen LogP contribution in [0.5, 0.6) is 0 Å². The number of benzene rings is 1. The Morgan fingerprint density at radius 3 is 2.65 bits per heavy atom. The Kier molecular flexibility index (Phi) is 3.22. The number of carbonyl (C=O) groups excluding carboxylic acids is 2. The molecule has 20 heavy (non-hydrogen) atoms. The molecule has 0 spiro atoms. The van der Waals surface area contributed by atoms with Gasteiger partial charge in [-0.15, -0.1) is 0 Å². The van der Waals surface area contributed by atoms with Crippen molar-refractivity contribution in [2.45, 2.75) is 19.8 Å². The van der Waals surface area contributed by atoms with Gasteiger partial charge in [0.2, 0.25) is 0 Å². The second kappa shape index (κ2) is 5.04. The Bertz CT molecular complexity index is 684. The van der Waals surface area contributed by atoms with E-state index in [1.807, 2.05) is 37.3 Å². The molecule has 1 aromatic carbocycles. The summed E-state index contributed by atoms with van der Waals surface area (Å²) in [5, 5.41) is 0.875. The number of nitrogens with zero attached hydrogens (tertiary/aromatic N) is 2. The maximum absolute atomic E-state index is 12.7. The van der Waals surface area contributed by atoms with Crippen LogP contribution in [0.25, 0.3) is 10.9 Å². The summed E-state index contributed by atoms with van der Waals surface area (Å²) in [6.07, 6.45) is 0.932. The maximum atomic E-state index is 12.7. The van der Waals surface area contributed by atoms with E-state index in [2.05, 4.69) is 4.98 Å². The predicted octanol–water partition coefficient (Wildman–Crippen LogP) is 2.35. The Hall–Kier alpha value is -2.23. The summed E-state index contributed by atoms with van der Waals surface area (Å²) < 4.78 is 0. The molecule has 1 saturated heterocycles. The summed E-state index contributed by atoms with van der Waals surface area (Å²) in [5.74, 6) is 0.240. The van der Waals surface area contributed by atoms with Crippen LogP contribution in [0.2, 0.25) is 0 Å². The topological polar surface area (TPSA) is 50.3 Å². The van der Waals surface area contributed by atoms with E-state index >= 15 is 0 Å². The first kappa shape index (κ1) is 12.8. The number of piperidine rings is 1. The van der Waals surface area contributed by atoms with Crippen molar-refractivity contribution in [3.63, 3.8) is 0 Å². The van der Waals surface area contributed by atoms with Gasteiger partial charge in [-0.1, -0.05) is 18.2 Å². The standard InChI is InChI=1S/C16H16N2O2/c1-11-10-14(13-4-2-3-5-15(13)17-11)16(20)18-8-6-12(19)7-9-18/h2-5,10H,6-9H2,1H3. The van der Waals surface area contributed by atoms with E-state index in [1.165, 1.54) is 0 Å². The highest BCUT2D eigenvalue weighted by Crippen LogP contribution is 2.21. The van der Waals surface area contributed by atoms with Crippen molar-refractivity contribution in [1.82, 2.24) is 9.88 Å². The van der Waals surface area contributed by atoms with Gasteiger partial charge in [0, 0.05) is 37.0 Å². The number of rotatable bonds is 1. The molecule has 4 heteroatoms. The average molecular weight is 268 g/mol. The molecule has 0 saturated carbocycles. The zero-order chi connectivity index (χ0) is 14.1. The lowest BCUT2D eigenvalue weighted by atomic mass is 10.0. The predicted molar refractivity (Wildman–Crippen MR) is 76.6 cm³/mol. The minimum atomic E-state index is -0.000741. The quantitative estimate of drug-likeness (QED) is 0.797. The lowest BCUT2D eigenvalue weighted by Crippen LogP contribution is -2.38. The molecule has 1 aromatic heterocycles. The molecule has 2 aromatic rings. The van der Waals surface area contributed by atoms with E-state index in [9.17, 15) is 9.59 Å². The molecule has 0 unspecified atom stereocenters. The minimum absolute atomic E-state index is 0.000741. The second-order valence-electron chi connectivity index (χ2n) is 5.16.